The number of carbonyl (C=O) groups is 1. The molecular weight excluding hydrogens is 324 g/mol. The second kappa shape index (κ2) is 5.58. The maximum atomic E-state index is 13.5. The monoisotopic (exact) mass is 331 g/mol. The Balaban J connectivity index is 2.14. The molecule has 0 fully saturated rings. The van der Waals surface area contributed by atoms with Crippen LogP contribution in [0.25, 0.3) is 0 Å². The van der Waals surface area contributed by atoms with Gasteiger partial charge < -0.3 is 5.32 Å². The molecule has 1 aromatic carbocycles. The van der Waals surface area contributed by atoms with Crippen molar-refractivity contribution in [1.82, 2.24) is 5.32 Å². The molecule has 0 saturated carbocycles. The van der Waals surface area contributed by atoms with Crippen molar-refractivity contribution >= 4 is 33.2 Å². The van der Waals surface area contributed by atoms with Gasteiger partial charge in [-0.05, 0) is 34.5 Å². The second-order valence-corrected chi connectivity index (χ2v) is 5.25. The maximum absolute atomic E-state index is 13.5. The van der Waals surface area contributed by atoms with Crippen molar-refractivity contribution in [2.24, 2.45) is 0 Å². The summed E-state index contributed by atoms with van der Waals surface area (Å²) in [4.78, 5) is 11.7. The first-order valence-electron chi connectivity index (χ1n) is 5.01. The van der Waals surface area contributed by atoms with Crippen LogP contribution in [0.4, 0.5) is 8.78 Å². The van der Waals surface area contributed by atoms with Crippen molar-refractivity contribution in [2.75, 3.05) is 0 Å². The van der Waals surface area contributed by atoms with Crippen LogP contribution >= 0.6 is 27.3 Å². The lowest BCUT2D eigenvalue weighted by molar-refractivity contribution is 0.0942. The van der Waals surface area contributed by atoms with E-state index < -0.39 is 23.1 Å². The van der Waals surface area contributed by atoms with E-state index in [9.17, 15) is 13.6 Å². The van der Waals surface area contributed by atoms with Gasteiger partial charge in [-0.15, -0.1) is 0 Å². The highest BCUT2D eigenvalue weighted by Crippen LogP contribution is 2.19. The van der Waals surface area contributed by atoms with Crippen molar-refractivity contribution in [3.8, 4) is 0 Å². The molecule has 6 heteroatoms. The lowest BCUT2D eigenvalue weighted by Crippen LogP contribution is -2.24. The fraction of sp³-hybridized carbons (Fsp3) is 0.0833. The minimum absolute atomic E-state index is 0.247. The molecule has 1 amide bonds. The summed E-state index contributed by atoms with van der Waals surface area (Å²) < 4.78 is 27.3. The van der Waals surface area contributed by atoms with E-state index in [4.69, 9.17) is 0 Å². The Labute approximate surface area is 115 Å². The van der Waals surface area contributed by atoms with Crippen molar-refractivity contribution < 1.29 is 13.6 Å². The van der Waals surface area contributed by atoms with E-state index in [1.807, 2.05) is 16.8 Å². The van der Waals surface area contributed by atoms with Crippen molar-refractivity contribution in [3.63, 3.8) is 0 Å². The van der Waals surface area contributed by atoms with Gasteiger partial charge in [0, 0.05) is 11.0 Å². The maximum Gasteiger partial charge on any atom is 0.257 e. The summed E-state index contributed by atoms with van der Waals surface area (Å²) in [6.45, 7) is 0.247. The normalized spacial score (nSPS) is 10.4. The van der Waals surface area contributed by atoms with E-state index in [0.717, 1.165) is 17.7 Å². The Morgan fingerprint density at radius 2 is 2.00 bits per heavy atom. The number of benzene rings is 1. The topological polar surface area (TPSA) is 29.1 Å². The van der Waals surface area contributed by atoms with Crippen LogP contribution < -0.4 is 5.32 Å². The first kappa shape index (κ1) is 13.2. The summed E-state index contributed by atoms with van der Waals surface area (Å²) in [6, 6.07) is 3.95. The van der Waals surface area contributed by atoms with Gasteiger partial charge in [0.25, 0.3) is 5.91 Å². The molecule has 0 aliphatic rings. The van der Waals surface area contributed by atoms with Gasteiger partial charge in [-0.1, -0.05) is 15.9 Å². The fourth-order valence-electron chi connectivity index (χ4n) is 1.42. The number of carbonyl (C=O) groups excluding carboxylic acids is 1. The highest BCUT2D eigenvalue weighted by molar-refractivity contribution is 9.10. The fourth-order valence-corrected chi connectivity index (χ4v) is 2.49. The highest BCUT2D eigenvalue weighted by Gasteiger charge is 2.17. The molecule has 94 valence electrons. The van der Waals surface area contributed by atoms with E-state index in [1.54, 1.807) is 0 Å². The van der Waals surface area contributed by atoms with Gasteiger partial charge in [0.05, 0.1) is 0 Å². The van der Waals surface area contributed by atoms with Gasteiger partial charge in [0.2, 0.25) is 0 Å². The largest absolute Gasteiger partial charge is 0.348 e. The first-order chi connectivity index (χ1) is 8.58. The summed E-state index contributed by atoms with van der Waals surface area (Å²) in [5.41, 5.74) is 0.333. The molecule has 0 radical (unpaired) electrons. The average Bonchev–Trinajstić information content (AvgIpc) is 2.77. The number of amides is 1. The minimum Gasteiger partial charge on any atom is -0.348 e. The molecule has 1 heterocycles. The summed E-state index contributed by atoms with van der Waals surface area (Å²) in [6.07, 6.45) is 0. The molecule has 0 saturated heterocycles. The lowest BCUT2D eigenvalue weighted by atomic mass is 10.2. The third-order valence-electron chi connectivity index (χ3n) is 2.27. The molecule has 1 aromatic heterocycles. The minimum atomic E-state index is -0.885. The third kappa shape index (κ3) is 2.94. The van der Waals surface area contributed by atoms with Gasteiger partial charge >= 0.3 is 0 Å². The van der Waals surface area contributed by atoms with Gasteiger partial charge in [0.15, 0.2) is 0 Å². The molecule has 0 aliphatic heterocycles. The number of rotatable bonds is 3. The number of hydrogen-bond acceptors (Lipinski definition) is 2. The summed E-state index contributed by atoms with van der Waals surface area (Å²) in [7, 11) is 0. The second-order valence-electron chi connectivity index (χ2n) is 3.56. The van der Waals surface area contributed by atoms with Crippen LogP contribution in [-0.2, 0) is 6.54 Å². The first-order valence-corrected chi connectivity index (χ1v) is 6.75. The van der Waals surface area contributed by atoms with Crippen LogP contribution in [0.15, 0.2) is 33.4 Å². The van der Waals surface area contributed by atoms with Gasteiger partial charge in [-0.3, -0.25) is 4.79 Å². The zero-order chi connectivity index (χ0) is 13.1. The van der Waals surface area contributed by atoms with Gasteiger partial charge in [-0.25, -0.2) is 8.78 Å². The molecule has 0 bridgehead atoms. The quantitative estimate of drug-likeness (QED) is 0.912. The molecular formula is C12H8BrF2NOS. The van der Waals surface area contributed by atoms with E-state index in [0.29, 0.717) is 0 Å². The van der Waals surface area contributed by atoms with E-state index >= 15 is 0 Å². The Morgan fingerprint density at radius 3 is 2.56 bits per heavy atom. The van der Waals surface area contributed by atoms with Gasteiger partial charge in [0.1, 0.15) is 17.2 Å². The SMILES string of the molecule is O=C(NCc1ccsc1)c1c(F)cc(Br)cc1F. The Kier molecular flexibility index (Phi) is 4.08. The molecule has 0 spiro atoms. The smallest absolute Gasteiger partial charge is 0.257 e. The predicted molar refractivity (Wildman–Crippen MR) is 69.5 cm³/mol. The number of thiophene rings is 1. The zero-order valence-corrected chi connectivity index (χ0v) is 11.4. The van der Waals surface area contributed by atoms with Crippen LogP contribution in [0.1, 0.15) is 15.9 Å². The summed E-state index contributed by atoms with van der Waals surface area (Å²) in [5, 5.41) is 6.19. The zero-order valence-electron chi connectivity index (χ0n) is 9.04. The van der Waals surface area contributed by atoms with E-state index in [2.05, 4.69) is 21.2 Å². The Hall–Kier alpha value is -1.27. The van der Waals surface area contributed by atoms with Crippen molar-refractivity contribution in [2.45, 2.75) is 6.54 Å². The standard InChI is InChI=1S/C12H8BrF2NOS/c13-8-3-9(14)11(10(15)4-8)12(17)16-5-7-1-2-18-6-7/h1-4,6H,5H2,(H,16,17). The van der Waals surface area contributed by atoms with Crippen LogP contribution in [0.2, 0.25) is 0 Å². The van der Waals surface area contributed by atoms with Crippen molar-refractivity contribution in [1.29, 1.82) is 0 Å². The molecule has 1 N–H and O–H groups in total. The molecule has 0 unspecified atom stereocenters. The van der Waals surface area contributed by atoms with Crippen molar-refractivity contribution in [3.05, 3.63) is 56.2 Å². The summed E-state index contributed by atoms with van der Waals surface area (Å²) in [5.74, 6) is -2.53. The van der Waals surface area contributed by atoms with Crippen LogP contribution in [-0.4, -0.2) is 5.91 Å². The molecule has 0 aliphatic carbocycles. The number of hydrogen-bond donors (Lipinski definition) is 1. The van der Waals surface area contributed by atoms with Crippen LogP contribution in [0.5, 0.6) is 0 Å². The van der Waals surface area contributed by atoms with E-state index in [1.165, 1.54) is 11.3 Å². The molecule has 0 atom stereocenters. The summed E-state index contributed by atoms with van der Waals surface area (Å²) >= 11 is 4.45. The molecule has 18 heavy (non-hydrogen) atoms. The number of nitrogens with one attached hydrogen (secondary N) is 1. The van der Waals surface area contributed by atoms with E-state index in [-0.39, 0.29) is 11.0 Å². The van der Waals surface area contributed by atoms with Gasteiger partial charge in [-0.2, -0.15) is 11.3 Å². The average molecular weight is 332 g/mol. The molecule has 2 nitrogen and oxygen atoms in total. The number of halogens is 3. The third-order valence-corrected chi connectivity index (χ3v) is 3.46. The lowest BCUT2D eigenvalue weighted by Gasteiger charge is -2.06. The van der Waals surface area contributed by atoms with Crippen LogP contribution in [0.3, 0.4) is 0 Å². The Bertz CT molecular complexity index is 548. The Morgan fingerprint density at radius 1 is 1.33 bits per heavy atom. The van der Waals surface area contributed by atoms with Crippen LogP contribution in [0, 0.1) is 11.6 Å². The predicted octanol–water partition coefficient (Wildman–Crippen LogP) is 3.72. The molecule has 2 aromatic rings. The highest BCUT2D eigenvalue weighted by atomic mass is 79.9. The molecule has 2 rings (SSSR count).